The number of hydrogen-bond donors (Lipinski definition) is 0. The normalized spacial score (nSPS) is 21.7. The molecule has 3 spiro atoms. The quantitative estimate of drug-likeness (QED) is 0.114. The van der Waals surface area contributed by atoms with Crippen molar-refractivity contribution in [1.82, 2.24) is 0 Å². The van der Waals surface area contributed by atoms with Crippen LogP contribution in [0.5, 0.6) is 0 Å². The summed E-state index contributed by atoms with van der Waals surface area (Å²) in [5.74, 6) is 1.73. The average Bonchev–Trinajstić information content (AvgIpc) is 1.49. The van der Waals surface area contributed by atoms with E-state index in [0.29, 0.717) is 5.41 Å². The van der Waals surface area contributed by atoms with E-state index in [2.05, 4.69) is 226 Å². The second-order valence-corrected chi connectivity index (χ2v) is 31.7. The van der Waals surface area contributed by atoms with E-state index in [9.17, 15) is 0 Å². The summed E-state index contributed by atoms with van der Waals surface area (Å²) in [5.41, 5.74) is 31.1. The van der Waals surface area contributed by atoms with Crippen molar-refractivity contribution in [1.29, 1.82) is 0 Å². The van der Waals surface area contributed by atoms with E-state index in [1.54, 1.807) is 22.3 Å². The zero-order valence-corrected chi connectivity index (χ0v) is 55.4. The summed E-state index contributed by atoms with van der Waals surface area (Å²) in [6.45, 7) is 28.1. The van der Waals surface area contributed by atoms with E-state index in [1.807, 2.05) is 0 Å². The summed E-state index contributed by atoms with van der Waals surface area (Å²) in [5, 5.41) is 3.01. The Kier molecular flexibility index (Phi) is 14.7. The van der Waals surface area contributed by atoms with Crippen LogP contribution in [0, 0.1) is 58.8 Å². The summed E-state index contributed by atoms with van der Waals surface area (Å²) in [6, 6.07) is 54.8. The number of fused-ring (bicyclic) bond motifs is 4. The van der Waals surface area contributed by atoms with Gasteiger partial charge in [0.1, 0.15) is 0 Å². The SMILES string of the molecule is Cc1ccc(N(c2ccc3c(c2)[C@@]24CCC5(CC[C@]2(C5)c2cc(N(c5ccc(-c6cc(CCC7CCCCC7)c7cc(C)cc(CCC8CCCCC8)c7c6)cc5)c5c(C)cc(C(C)(C)C)cc5C)ccc2-3)C4)c2c(C)cc(C(C)(C)C)cc2C)cc1. The summed E-state index contributed by atoms with van der Waals surface area (Å²) in [4.78, 5) is 5.27. The second-order valence-electron chi connectivity index (χ2n) is 31.7. The van der Waals surface area contributed by atoms with E-state index in [1.165, 1.54) is 240 Å². The Labute approximate surface area is 524 Å². The third-order valence-corrected chi connectivity index (χ3v) is 23.7. The lowest BCUT2D eigenvalue weighted by molar-refractivity contribution is 0.231. The first-order chi connectivity index (χ1) is 41.7. The third-order valence-electron chi connectivity index (χ3n) is 23.7. The van der Waals surface area contributed by atoms with Crippen LogP contribution in [0.3, 0.4) is 0 Å². The van der Waals surface area contributed by atoms with Crippen LogP contribution in [-0.2, 0) is 34.5 Å². The maximum atomic E-state index is 2.72. The predicted molar refractivity (Wildman–Crippen MR) is 373 cm³/mol. The first-order valence-electron chi connectivity index (χ1n) is 34.6. The zero-order valence-electron chi connectivity index (χ0n) is 55.4. The molecule has 5 saturated carbocycles. The lowest BCUT2D eigenvalue weighted by Gasteiger charge is -2.52. The van der Waals surface area contributed by atoms with Crippen LogP contribution in [0.1, 0.15) is 224 Å². The van der Waals surface area contributed by atoms with Crippen LogP contribution in [-0.4, -0.2) is 0 Å². The topological polar surface area (TPSA) is 6.48 Å². The Balaban J connectivity index is 0.894. The monoisotopic (exact) mass is 1150 g/mol. The van der Waals surface area contributed by atoms with Crippen LogP contribution in [0.25, 0.3) is 33.0 Å². The van der Waals surface area contributed by atoms with Gasteiger partial charge in [0.2, 0.25) is 0 Å². The molecular formula is C85H100N2. The molecular weight excluding hydrogens is 1050 g/mol. The van der Waals surface area contributed by atoms with Crippen LogP contribution >= 0.6 is 0 Å². The highest BCUT2D eigenvalue weighted by molar-refractivity contribution is 5.94. The van der Waals surface area contributed by atoms with E-state index >= 15 is 0 Å². The Bertz CT molecular complexity index is 3890. The van der Waals surface area contributed by atoms with E-state index in [-0.39, 0.29) is 21.7 Å². The maximum Gasteiger partial charge on any atom is 0.0520 e. The molecule has 2 heteroatoms. The fraction of sp³-hybridized carbons (Fsp3) is 0.459. The Hall–Kier alpha value is -6.38. The highest BCUT2D eigenvalue weighted by Crippen LogP contribution is 2.81. The highest BCUT2D eigenvalue weighted by atomic mass is 15.2. The molecule has 0 saturated heterocycles. The fourth-order valence-electron chi connectivity index (χ4n) is 19.2. The number of nitrogens with zero attached hydrogens (tertiary/aromatic N) is 2. The van der Waals surface area contributed by atoms with Crippen molar-refractivity contribution < 1.29 is 0 Å². The van der Waals surface area contributed by atoms with Crippen LogP contribution in [0.2, 0.25) is 0 Å². The molecule has 450 valence electrons. The standard InChI is InChI=1S/C85H100N2/c1-55-23-31-69(32-24-55)86(79-57(3)45-67(46-58(79)4)81(7,8)9)71-35-37-73-74-38-36-72(52-78(74)85-42-40-83(54-85)39-41-84(85,53-83)77(73)51-71)87(80-59(5)47-68(48-60(80)6)82(10,11)12)70-33-29-63(30-34-70)66-49-65(28-26-62-21-17-14-18-22-62)75-44-56(2)43-64(76(75)50-66)27-25-61-19-15-13-16-20-61/h23-24,29-38,43-52,61-62H,13-22,25-28,39-42,53-54H2,1-12H3/t83?,84-,85-/m0/s1. The van der Waals surface area contributed by atoms with Gasteiger partial charge in [-0.05, 0) is 277 Å². The van der Waals surface area contributed by atoms with E-state index in [0.717, 1.165) is 11.8 Å². The van der Waals surface area contributed by atoms with Crippen molar-refractivity contribution in [3.8, 4) is 22.3 Å². The summed E-state index contributed by atoms with van der Waals surface area (Å²) < 4.78 is 0. The Morgan fingerprint density at radius 3 is 1.25 bits per heavy atom. The molecule has 6 aliphatic rings. The molecule has 2 nitrogen and oxygen atoms in total. The molecule has 0 heterocycles. The minimum absolute atomic E-state index is 0.0442. The van der Waals surface area contributed by atoms with E-state index < -0.39 is 0 Å². The van der Waals surface area contributed by atoms with Gasteiger partial charge in [-0.1, -0.05) is 196 Å². The smallest absolute Gasteiger partial charge is 0.0520 e. The number of anilines is 6. The van der Waals surface area contributed by atoms with Gasteiger partial charge in [-0.3, -0.25) is 0 Å². The average molecular weight is 1150 g/mol. The van der Waals surface area contributed by atoms with Gasteiger partial charge in [0.05, 0.1) is 11.4 Å². The molecule has 0 radical (unpaired) electrons. The second kappa shape index (κ2) is 22.0. The van der Waals surface area contributed by atoms with Crippen molar-refractivity contribution in [2.75, 3.05) is 9.80 Å². The molecule has 3 bridgehead atoms. The van der Waals surface area contributed by atoms with Crippen molar-refractivity contribution in [2.24, 2.45) is 17.3 Å². The van der Waals surface area contributed by atoms with Crippen LogP contribution in [0.4, 0.5) is 34.1 Å². The minimum Gasteiger partial charge on any atom is -0.310 e. The van der Waals surface area contributed by atoms with Gasteiger partial charge >= 0.3 is 0 Å². The minimum atomic E-state index is 0.0442. The molecule has 6 aliphatic carbocycles. The van der Waals surface area contributed by atoms with Crippen molar-refractivity contribution in [3.63, 3.8) is 0 Å². The van der Waals surface area contributed by atoms with Gasteiger partial charge in [-0.15, -0.1) is 0 Å². The van der Waals surface area contributed by atoms with Crippen LogP contribution in [0.15, 0.2) is 133 Å². The first kappa shape index (κ1) is 58.3. The predicted octanol–water partition coefficient (Wildman–Crippen LogP) is 24.4. The van der Waals surface area contributed by atoms with Gasteiger partial charge in [-0.25, -0.2) is 0 Å². The number of hydrogen-bond acceptors (Lipinski definition) is 2. The van der Waals surface area contributed by atoms with Gasteiger partial charge in [0.15, 0.2) is 0 Å². The molecule has 5 fully saturated rings. The van der Waals surface area contributed by atoms with Crippen LogP contribution < -0.4 is 9.80 Å². The Morgan fingerprint density at radius 2 is 0.805 bits per heavy atom. The number of benzene rings is 8. The maximum absolute atomic E-state index is 2.72. The molecule has 14 rings (SSSR count). The van der Waals surface area contributed by atoms with E-state index in [4.69, 9.17) is 0 Å². The highest BCUT2D eigenvalue weighted by Gasteiger charge is 2.73. The molecule has 0 aromatic heterocycles. The van der Waals surface area contributed by atoms with Gasteiger partial charge < -0.3 is 9.80 Å². The molecule has 87 heavy (non-hydrogen) atoms. The summed E-state index contributed by atoms with van der Waals surface area (Å²) >= 11 is 0. The third kappa shape index (κ3) is 10.2. The summed E-state index contributed by atoms with van der Waals surface area (Å²) in [6.07, 6.45) is 26.9. The lowest BCUT2D eigenvalue weighted by atomic mass is 9.51. The van der Waals surface area contributed by atoms with Crippen molar-refractivity contribution in [3.05, 3.63) is 200 Å². The largest absolute Gasteiger partial charge is 0.310 e. The van der Waals surface area contributed by atoms with Crippen molar-refractivity contribution in [2.45, 2.75) is 233 Å². The lowest BCUT2D eigenvalue weighted by Crippen LogP contribution is -2.47. The van der Waals surface area contributed by atoms with Gasteiger partial charge in [0, 0.05) is 33.6 Å². The van der Waals surface area contributed by atoms with Crippen molar-refractivity contribution >= 4 is 44.9 Å². The molecule has 3 atom stereocenters. The molecule has 8 aromatic rings. The fourth-order valence-corrected chi connectivity index (χ4v) is 19.2. The summed E-state index contributed by atoms with van der Waals surface area (Å²) in [7, 11) is 0. The molecule has 1 unspecified atom stereocenters. The van der Waals surface area contributed by atoms with Gasteiger partial charge in [0.25, 0.3) is 0 Å². The molecule has 0 aliphatic heterocycles. The zero-order chi connectivity index (χ0) is 60.4. The Morgan fingerprint density at radius 1 is 0.391 bits per heavy atom. The molecule has 0 amide bonds. The van der Waals surface area contributed by atoms with Gasteiger partial charge in [-0.2, -0.15) is 0 Å². The molecule has 8 aromatic carbocycles. The number of aryl methyl sites for hydroxylation is 8. The number of rotatable bonds is 13. The molecule has 0 N–H and O–H groups in total. The first-order valence-corrected chi connectivity index (χ1v) is 34.6.